The maximum atomic E-state index is 5.68. The molecule has 0 atom stereocenters. The van der Waals surface area contributed by atoms with Gasteiger partial charge in [-0.25, -0.2) is 0 Å². The van der Waals surface area contributed by atoms with Gasteiger partial charge >= 0.3 is 0 Å². The van der Waals surface area contributed by atoms with Crippen molar-refractivity contribution in [2.45, 2.75) is 12.8 Å². The van der Waals surface area contributed by atoms with Gasteiger partial charge < -0.3 is 14.5 Å². The van der Waals surface area contributed by atoms with E-state index in [0.717, 1.165) is 37.2 Å². The first-order chi connectivity index (χ1) is 11.8. The number of hydrogen-bond acceptors (Lipinski definition) is 5. The van der Waals surface area contributed by atoms with Crippen LogP contribution in [-0.2, 0) is 12.8 Å². The zero-order chi connectivity index (χ0) is 16.6. The number of aromatic nitrogens is 2. The van der Waals surface area contributed by atoms with Crippen molar-refractivity contribution in [3.05, 3.63) is 66.1 Å². The molecule has 5 heteroatoms. The van der Waals surface area contributed by atoms with Gasteiger partial charge in [-0.2, -0.15) is 0 Å². The summed E-state index contributed by atoms with van der Waals surface area (Å²) in [6.07, 6.45) is 1.70. The first-order valence-electron chi connectivity index (χ1n) is 8.06. The van der Waals surface area contributed by atoms with E-state index in [1.165, 1.54) is 5.56 Å². The zero-order valence-corrected chi connectivity index (χ0v) is 13.7. The average Bonchev–Trinajstić information content (AvgIpc) is 3.12. The van der Waals surface area contributed by atoms with Crippen LogP contribution in [0.1, 0.15) is 11.5 Å². The molecule has 1 N–H and O–H groups in total. The summed E-state index contributed by atoms with van der Waals surface area (Å²) in [5.41, 5.74) is 2.23. The Morgan fingerprint density at radius 1 is 0.917 bits per heavy atom. The molecular weight excluding hydrogens is 302 g/mol. The lowest BCUT2D eigenvalue weighted by molar-refractivity contribution is 0.414. The third kappa shape index (κ3) is 4.43. The van der Waals surface area contributed by atoms with E-state index in [4.69, 9.17) is 9.15 Å². The fourth-order valence-electron chi connectivity index (χ4n) is 2.40. The summed E-state index contributed by atoms with van der Waals surface area (Å²) in [5.74, 6) is 2.12. The summed E-state index contributed by atoms with van der Waals surface area (Å²) in [5, 5.41) is 11.6. The Labute approximate surface area is 141 Å². The molecule has 0 aliphatic carbocycles. The molecule has 3 rings (SSSR count). The Morgan fingerprint density at radius 3 is 2.42 bits per heavy atom. The number of nitrogens with zero attached hydrogens (tertiary/aromatic N) is 2. The molecule has 0 aliphatic rings. The lowest BCUT2D eigenvalue weighted by Gasteiger charge is -2.04. The minimum Gasteiger partial charge on any atom is -0.497 e. The Bertz CT molecular complexity index is 739. The van der Waals surface area contributed by atoms with Crippen molar-refractivity contribution in [1.82, 2.24) is 15.5 Å². The Hall–Kier alpha value is -2.66. The summed E-state index contributed by atoms with van der Waals surface area (Å²) in [7, 11) is 1.68. The summed E-state index contributed by atoms with van der Waals surface area (Å²) >= 11 is 0. The van der Waals surface area contributed by atoms with Crippen molar-refractivity contribution in [3.63, 3.8) is 0 Å². The average molecular weight is 323 g/mol. The predicted octanol–water partition coefficient (Wildman–Crippen LogP) is 3.12. The van der Waals surface area contributed by atoms with Crippen LogP contribution in [0.5, 0.6) is 5.75 Å². The highest BCUT2D eigenvalue weighted by atomic mass is 16.5. The van der Waals surface area contributed by atoms with Gasteiger partial charge in [0.25, 0.3) is 0 Å². The van der Waals surface area contributed by atoms with Crippen LogP contribution in [0.2, 0.25) is 0 Å². The van der Waals surface area contributed by atoms with Gasteiger partial charge in [-0.15, -0.1) is 10.2 Å². The maximum Gasteiger partial charge on any atom is 0.247 e. The topological polar surface area (TPSA) is 60.2 Å². The van der Waals surface area contributed by atoms with E-state index in [2.05, 4.69) is 27.6 Å². The van der Waals surface area contributed by atoms with Crippen molar-refractivity contribution in [2.24, 2.45) is 0 Å². The molecule has 0 saturated carbocycles. The summed E-state index contributed by atoms with van der Waals surface area (Å²) in [6.45, 7) is 1.72. The van der Waals surface area contributed by atoms with Crippen molar-refractivity contribution in [3.8, 4) is 17.2 Å². The molecule has 1 heterocycles. The highest BCUT2D eigenvalue weighted by Crippen LogP contribution is 2.16. The van der Waals surface area contributed by atoms with E-state index in [0.29, 0.717) is 11.8 Å². The van der Waals surface area contributed by atoms with Gasteiger partial charge in [0, 0.05) is 18.5 Å². The lowest BCUT2D eigenvalue weighted by atomic mass is 10.1. The molecule has 0 aliphatic heterocycles. The van der Waals surface area contributed by atoms with Crippen LogP contribution in [0.3, 0.4) is 0 Å². The minimum absolute atomic E-state index is 0.573. The van der Waals surface area contributed by atoms with Crippen LogP contribution >= 0.6 is 0 Å². The molecule has 0 amide bonds. The molecule has 1 aromatic heterocycles. The molecule has 5 nitrogen and oxygen atoms in total. The molecule has 124 valence electrons. The summed E-state index contributed by atoms with van der Waals surface area (Å²) in [6, 6.07) is 18.0. The number of benzene rings is 2. The van der Waals surface area contributed by atoms with Crippen molar-refractivity contribution in [2.75, 3.05) is 20.2 Å². The largest absolute Gasteiger partial charge is 0.497 e. The smallest absolute Gasteiger partial charge is 0.247 e. The van der Waals surface area contributed by atoms with Gasteiger partial charge in [0.05, 0.1) is 7.11 Å². The molecule has 24 heavy (non-hydrogen) atoms. The third-order valence-corrected chi connectivity index (χ3v) is 3.75. The van der Waals surface area contributed by atoms with Gasteiger partial charge in [0.2, 0.25) is 11.8 Å². The van der Waals surface area contributed by atoms with Crippen molar-refractivity contribution in [1.29, 1.82) is 0 Å². The molecule has 0 saturated heterocycles. The van der Waals surface area contributed by atoms with E-state index in [1.807, 2.05) is 42.5 Å². The molecular formula is C19H21N3O2. The van der Waals surface area contributed by atoms with Crippen LogP contribution in [0.4, 0.5) is 0 Å². The molecule has 0 spiro atoms. The van der Waals surface area contributed by atoms with Gasteiger partial charge in [-0.05, 0) is 42.8 Å². The molecule has 0 unspecified atom stereocenters. The Balaban J connectivity index is 1.40. The van der Waals surface area contributed by atoms with Gasteiger partial charge in [0.1, 0.15) is 5.75 Å². The highest BCUT2D eigenvalue weighted by molar-refractivity contribution is 5.51. The van der Waals surface area contributed by atoms with Crippen molar-refractivity contribution < 1.29 is 9.15 Å². The van der Waals surface area contributed by atoms with Crippen LogP contribution in [0.25, 0.3) is 11.5 Å². The second-order valence-electron chi connectivity index (χ2n) is 5.47. The minimum atomic E-state index is 0.573. The number of ether oxygens (including phenoxy) is 1. The van der Waals surface area contributed by atoms with E-state index < -0.39 is 0 Å². The molecule has 0 bridgehead atoms. The number of nitrogens with one attached hydrogen (secondary N) is 1. The van der Waals surface area contributed by atoms with E-state index in [1.54, 1.807) is 7.11 Å². The first-order valence-corrected chi connectivity index (χ1v) is 8.06. The monoisotopic (exact) mass is 323 g/mol. The number of methoxy groups -OCH3 is 1. The van der Waals surface area contributed by atoms with E-state index in [-0.39, 0.29) is 0 Å². The standard InChI is InChI=1S/C19H21N3O2/c1-23-17-9-7-15(8-10-17)11-13-20-14-12-18-21-22-19(24-18)16-5-3-2-4-6-16/h2-10,20H,11-14H2,1H3. The third-order valence-electron chi connectivity index (χ3n) is 3.75. The molecule has 0 radical (unpaired) electrons. The van der Waals surface area contributed by atoms with Crippen LogP contribution < -0.4 is 10.1 Å². The fraction of sp³-hybridized carbons (Fsp3) is 0.263. The second-order valence-corrected chi connectivity index (χ2v) is 5.47. The Morgan fingerprint density at radius 2 is 1.67 bits per heavy atom. The highest BCUT2D eigenvalue weighted by Gasteiger charge is 2.07. The van der Waals surface area contributed by atoms with Crippen LogP contribution in [0, 0.1) is 0 Å². The predicted molar refractivity (Wildman–Crippen MR) is 93.0 cm³/mol. The normalized spacial score (nSPS) is 10.7. The SMILES string of the molecule is COc1ccc(CCNCCc2nnc(-c3ccccc3)o2)cc1. The fourth-order valence-corrected chi connectivity index (χ4v) is 2.40. The maximum absolute atomic E-state index is 5.68. The first kappa shape index (κ1) is 16.2. The number of hydrogen-bond donors (Lipinski definition) is 1. The molecule has 2 aromatic carbocycles. The van der Waals surface area contributed by atoms with Crippen LogP contribution in [0.15, 0.2) is 59.0 Å². The van der Waals surface area contributed by atoms with Gasteiger partial charge in [-0.1, -0.05) is 30.3 Å². The summed E-state index contributed by atoms with van der Waals surface area (Å²) < 4.78 is 10.8. The van der Waals surface area contributed by atoms with Gasteiger partial charge in [-0.3, -0.25) is 0 Å². The second kappa shape index (κ2) is 8.26. The van der Waals surface area contributed by atoms with E-state index >= 15 is 0 Å². The van der Waals surface area contributed by atoms with E-state index in [9.17, 15) is 0 Å². The zero-order valence-electron chi connectivity index (χ0n) is 13.7. The molecule has 3 aromatic rings. The number of rotatable bonds is 8. The van der Waals surface area contributed by atoms with Crippen LogP contribution in [-0.4, -0.2) is 30.4 Å². The molecule has 0 fully saturated rings. The Kier molecular flexibility index (Phi) is 5.58. The van der Waals surface area contributed by atoms with Gasteiger partial charge in [0.15, 0.2) is 0 Å². The summed E-state index contributed by atoms with van der Waals surface area (Å²) in [4.78, 5) is 0. The quantitative estimate of drug-likeness (QED) is 0.645. The van der Waals surface area contributed by atoms with Crippen molar-refractivity contribution >= 4 is 0 Å². The lowest BCUT2D eigenvalue weighted by Crippen LogP contribution is -2.20.